The van der Waals surface area contributed by atoms with E-state index in [4.69, 9.17) is 4.98 Å². The SMILES string of the molecule is CCC(C)c1csc(CSC2CCCCC2)n1. The second-order valence-electron chi connectivity index (χ2n) is 5.05. The highest BCUT2D eigenvalue weighted by Gasteiger charge is 2.15. The molecule has 0 bridgehead atoms. The standard InChI is InChI=1S/C14H23NS2/c1-3-11(2)13-9-17-14(15-13)10-16-12-7-5-4-6-8-12/h9,11-12H,3-8,10H2,1-2H3. The summed E-state index contributed by atoms with van der Waals surface area (Å²) in [7, 11) is 0. The minimum atomic E-state index is 0.625. The molecule has 0 radical (unpaired) electrons. The highest BCUT2D eigenvalue weighted by atomic mass is 32.2. The largest absolute Gasteiger partial charge is 0.245 e. The van der Waals surface area contributed by atoms with Crippen LogP contribution in [0.4, 0.5) is 0 Å². The molecular formula is C14H23NS2. The highest BCUT2D eigenvalue weighted by Crippen LogP contribution is 2.31. The summed E-state index contributed by atoms with van der Waals surface area (Å²) in [5.41, 5.74) is 1.30. The van der Waals surface area contributed by atoms with Gasteiger partial charge in [-0.1, -0.05) is 33.1 Å². The quantitative estimate of drug-likeness (QED) is 0.726. The fourth-order valence-electron chi connectivity index (χ4n) is 2.25. The van der Waals surface area contributed by atoms with Crippen LogP contribution in [0.5, 0.6) is 0 Å². The summed E-state index contributed by atoms with van der Waals surface area (Å²) < 4.78 is 0. The number of thiazole rings is 1. The summed E-state index contributed by atoms with van der Waals surface area (Å²) in [4.78, 5) is 4.76. The fraction of sp³-hybridized carbons (Fsp3) is 0.786. The van der Waals surface area contributed by atoms with Crippen LogP contribution in [-0.4, -0.2) is 10.2 Å². The van der Waals surface area contributed by atoms with Gasteiger partial charge in [0.25, 0.3) is 0 Å². The lowest BCUT2D eigenvalue weighted by molar-refractivity contribution is 0.516. The van der Waals surface area contributed by atoms with Crippen LogP contribution in [0, 0.1) is 0 Å². The van der Waals surface area contributed by atoms with Gasteiger partial charge in [-0.3, -0.25) is 0 Å². The summed E-state index contributed by atoms with van der Waals surface area (Å²) in [5.74, 6) is 1.76. The molecule has 0 aromatic carbocycles. The topological polar surface area (TPSA) is 12.9 Å². The minimum absolute atomic E-state index is 0.625. The van der Waals surface area contributed by atoms with Crippen LogP contribution >= 0.6 is 23.1 Å². The molecule has 0 amide bonds. The lowest BCUT2D eigenvalue weighted by Gasteiger charge is -2.20. The van der Waals surface area contributed by atoms with Gasteiger partial charge in [-0.25, -0.2) is 4.98 Å². The lowest BCUT2D eigenvalue weighted by Crippen LogP contribution is -2.08. The van der Waals surface area contributed by atoms with Crippen molar-refractivity contribution in [1.29, 1.82) is 0 Å². The third-order valence-electron chi connectivity index (χ3n) is 3.68. The number of rotatable bonds is 5. The van der Waals surface area contributed by atoms with E-state index in [-0.39, 0.29) is 0 Å². The number of hydrogen-bond acceptors (Lipinski definition) is 3. The van der Waals surface area contributed by atoms with Crippen LogP contribution in [0.25, 0.3) is 0 Å². The van der Waals surface area contributed by atoms with Gasteiger partial charge in [-0.2, -0.15) is 11.8 Å². The van der Waals surface area contributed by atoms with Crippen molar-refractivity contribution >= 4 is 23.1 Å². The first-order valence-electron chi connectivity index (χ1n) is 6.85. The van der Waals surface area contributed by atoms with E-state index in [9.17, 15) is 0 Å². The van der Waals surface area contributed by atoms with E-state index in [1.54, 1.807) is 0 Å². The number of aromatic nitrogens is 1. The third kappa shape index (κ3) is 3.99. The van der Waals surface area contributed by atoms with Crippen LogP contribution in [0.15, 0.2) is 5.38 Å². The normalized spacial score (nSPS) is 19.4. The summed E-state index contributed by atoms with van der Waals surface area (Å²) >= 11 is 3.98. The molecule has 0 N–H and O–H groups in total. The van der Waals surface area contributed by atoms with E-state index >= 15 is 0 Å². The molecule has 2 rings (SSSR count). The highest BCUT2D eigenvalue weighted by molar-refractivity contribution is 7.99. The van der Waals surface area contributed by atoms with Gasteiger partial charge in [0.05, 0.1) is 5.69 Å². The molecule has 96 valence electrons. The molecule has 1 fully saturated rings. The molecule has 0 spiro atoms. The van der Waals surface area contributed by atoms with E-state index in [1.807, 2.05) is 11.3 Å². The van der Waals surface area contributed by atoms with Gasteiger partial charge in [0.1, 0.15) is 5.01 Å². The lowest BCUT2D eigenvalue weighted by atomic mass is 10.0. The molecule has 17 heavy (non-hydrogen) atoms. The smallest absolute Gasteiger partial charge is 0.103 e. The van der Waals surface area contributed by atoms with Crippen molar-refractivity contribution in [3.63, 3.8) is 0 Å². The van der Waals surface area contributed by atoms with Crippen LogP contribution < -0.4 is 0 Å². The van der Waals surface area contributed by atoms with Gasteiger partial charge >= 0.3 is 0 Å². The number of thioether (sulfide) groups is 1. The number of hydrogen-bond donors (Lipinski definition) is 0. The molecule has 0 saturated heterocycles. The average molecular weight is 269 g/mol. The Morgan fingerprint density at radius 3 is 2.88 bits per heavy atom. The summed E-state index contributed by atoms with van der Waals surface area (Å²) in [6.07, 6.45) is 8.37. The predicted molar refractivity (Wildman–Crippen MR) is 79.0 cm³/mol. The van der Waals surface area contributed by atoms with Crippen LogP contribution in [0.2, 0.25) is 0 Å². The van der Waals surface area contributed by atoms with Crippen molar-refractivity contribution < 1.29 is 0 Å². The Labute approximate surface area is 113 Å². The maximum Gasteiger partial charge on any atom is 0.103 e. The minimum Gasteiger partial charge on any atom is -0.245 e. The van der Waals surface area contributed by atoms with E-state index in [0.717, 1.165) is 11.0 Å². The second kappa shape index (κ2) is 6.79. The second-order valence-corrected chi connectivity index (χ2v) is 7.28. The van der Waals surface area contributed by atoms with E-state index < -0.39 is 0 Å². The maximum absolute atomic E-state index is 4.76. The molecule has 1 aromatic heterocycles. The van der Waals surface area contributed by atoms with Crippen molar-refractivity contribution in [3.8, 4) is 0 Å². The molecule has 1 saturated carbocycles. The molecule has 1 aliphatic rings. The summed E-state index contributed by atoms with van der Waals surface area (Å²) in [6, 6.07) is 0. The molecule has 3 heteroatoms. The van der Waals surface area contributed by atoms with Gasteiger partial charge in [0, 0.05) is 16.4 Å². The summed E-state index contributed by atoms with van der Waals surface area (Å²) in [6.45, 7) is 4.51. The Hall–Kier alpha value is -0.0200. The van der Waals surface area contributed by atoms with Crippen LogP contribution in [-0.2, 0) is 5.75 Å². The molecular weight excluding hydrogens is 246 g/mol. The summed E-state index contributed by atoms with van der Waals surface area (Å²) in [5, 5.41) is 4.49. The van der Waals surface area contributed by atoms with Crippen molar-refractivity contribution in [2.75, 3.05) is 0 Å². The molecule has 0 aliphatic heterocycles. The van der Waals surface area contributed by atoms with Gasteiger partial charge in [0.2, 0.25) is 0 Å². The monoisotopic (exact) mass is 269 g/mol. The first-order valence-corrected chi connectivity index (χ1v) is 8.78. The molecule has 1 aliphatic carbocycles. The molecule has 1 heterocycles. The van der Waals surface area contributed by atoms with E-state index in [2.05, 4.69) is 31.0 Å². The Balaban J connectivity index is 1.80. The maximum atomic E-state index is 4.76. The van der Waals surface area contributed by atoms with Crippen molar-refractivity contribution in [2.24, 2.45) is 0 Å². The van der Waals surface area contributed by atoms with E-state index in [1.165, 1.54) is 49.2 Å². The fourth-order valence-corrected chi connectivity index (χ4v) is 4.53. The van der Waals surface area contributed by atoms with Gasteiger partial charge < -0.3 is 0 Å². The van der Waals surface area contributed by atoms with Crippen molar-refractivity contribution in [2.45, 2.75) is 69.3 Å². The van der Waals surface area contributed by atoms with Gasteiger partial charge in [-0.15, -0.1) is 11.3 Å². The van der Waals surface area contributed by atoms with Gasteiger partial charge in [-0.05, 0) is 25.2 Å². The Morgan fingerprint density at radius 2 is 2.18 bits per heavy atom. The molecule has 1 aromatic rings. The Morgan fingerprint density at radius 1 is 1.41 bits per heavy atom. The number of nitrogens with zero attached hydrogens (tertiary/aromatic N) is 1. The Kier molecular flexibility index (Phi) is 5.36. The molecule has 1 nitrogen and oxygen atoms in total. The average Bonchev–Trinajstić information content (AvgIpc) is 2.85. The van der Waals surface area contributed by atoms with Crippen molar-refractivity contribution in [1.82, 2.24) is 4.98 Å². The van der Waals surface area contributed by atoms with E-state index in [0.29, 0.717) is 5.92 Å². The van der Waals surface area contributed by atoms with Crippen LogP contribution in [0.1, 0.15) is 69.0 Å². The zero-order valence-corrected chi connectivity index (χ0v) is 12.6. The zero-order chi connectivity index (χ0) is 12.1. The predicted octanol–water partition coefficient (Wildman–Crippen LogP) is 5.22. The van der Waals surface area contributed by atoms with Crippen molar-refractivity contribution in [3.05, 3.63) is 16.1 Å². The third-order valence-corrected chi connectivity index (χ3v) is 6.11. The molecule has 1 atom stereocenters. The zero-order valence-electron chi connectivity index (χ0n) is 10.9. The molecule has 1 unspecified atom stereocenters. The Bertz CT molecular complexity index is 329. The first-order chi connectivity index (χ1) is 8.29. The van der Waals surface area contributed by atoms with Crippen LogP contribution in [0.3, 0.4) is 0 Å². The van der Waals surface area contributed by atoms with Gasteiger partial charge in [0.15, 0.2) is 0 Å². The first kappa shape index (κ1) is 13.4.